The van der Waals surface area contributed by atoms with Crippen LogP contribution in [0.2, 0.25) is 5.02 Å². The third kappa shape index (κ3) is 17.8. The van der Waals surface area contributed by atoms with Crippen molar-refractivity contribution < 1.29 is 19.2 Å². The molecule has 3 saturated heterocycles. The zero-order valence-electron chi connectivity index (χ0n) is 47.7. The van der Waals surface area contributed by atoms with Gasteiger partial charge in [-0.3, -0.25) is 19.2 Å². The first-order chi connectivity index (χ1) is 40.7. The number of rotatable bonds is 21. The third-order valence-electron chi connectivity index (χ3n) is 16.4. The van der Waals surface area contributed by atoms with E-state index in [-0.39, 0.29) is 59.6 Å². The van der Waals surface area contributed by atoms with Gasteiger partial charge < -0.3 is 41.7 Å². The minimum absolute atomic E-state index is 0.00344. The Balaban J connectivity index is 0.000000201. The Labute approximate surface area is 495 Å². The summed E-state index contributed by atoms with van der Waals surface area (Å²) in [4.78, 5) is 60.1. The van der Waals surface area contributed by atoms with Crippen molar-refractivity contribution in [2.24, 2.45) is 5.73 Å². The summed E-state index contributed by atoms with van der Waals surface area (Å²) >= 11 is 5.98. The first-order valence-corrected chi connectivity index (χ1v) is 30.3. The van der Waals surface area contributed by atoms with Crippen molar-refractivity contribution in [3.05, 3.63) is 233 Å². The van der Waals surface area contributed by atoms with Gasteiger partial charge in [-0.2, -0.15) is 0 Å². The number of amides is 4. The van der Waals surface area contributed by atoms with Crippen molar-refractivity contribution in [3.63, 3.8) is 0 Å². The number of halogens is 1. The fourth-order valence-electron chi connectivity index (χ4n) is 11.8. The van der Waals surface area contributed by atoms with Crippen molar-refractivity contribution in [3.8, 4) is 0 Å². The molecule has 13 heteroatoms. The molecule has 7 aromatic carbocycles. The number of nitrogens with two attached hydrogens (primary N) is 1. The number of piperidine rings is 1. The molecule has 0 aliphatic carbocycles. The van der Waals surface area contributed by atoms with Crippen LogP contribution in [-0.2, 0) is 14.4 Å². The average Bonchev–Trinajstić information content (AvgIpc) is 3.80. The minimum Gasteiger partial charge on any atom is -0.351 e. The van der Waals surface area contributed by atoms with E-state index in [2.05, 4.69) is 104 Å². The summed E-state index contributed by atoms with van der Waals surface area (Å²) in [7, 11) is 0. The molecule has 432 valence electrons. The zero-order chi connectivity index (χ0) is 57.6. The fraction of sp³-hybridized carbons (Fsp3) is 0.343. The molecule has 0 aromatic heterocycles. The van der Waals surface area contributed by atoms with Crippen LogP contribution in [0.4, 0.5) is 0 Å². The lowest BCUT2D eigenvalue weighted by Gasteiger charge is -2.30. The Kier molecular flexibility index (Phi) is 22.7. The molecule has 6 N–H and O–H groups in total. The first-order valence-electron chi connectivity index (χ1n) is 29.9. The summed E-state index contributed by atoms with van der Waals surface area (Å²) < 4.78 is 0. The van der Waals surface area contributed by atoms with E-state index in [4.69, 9.17) is 17.3 Å². The molecule has 0 saturated carbocycles. The molecular weight excluding hydrogens is 1050 g/mol. The Hall–Kier alpha value is -7.45. The summed E-state index contributed by atoms with van der Waals surface area (Å²) in [5.41, 5.74) is 12.2. The van der Waals surface area contributed by atoms with E-state index < -0.39 is 0 Å². The molecule has 3 heterocycles. The van der Waals surface area contributed by atoms with Gasteiger partial charge in [0, 0.05) is 79.9 Å². The van der Waals surface area contributed by atoms with E-state index in [9.17, 15) is 19.2 Å². The standard InChI is InChI=1S/C37H45ClN4O2.C33H36N4O2/c38-32-19-16-29(17-20-32)18-21-36(43)39-27-33-22-26-42(37(44)35(40-33)15-10-25-41-23-8-3-9-24-41)28-34(30-11-4-1-5-12-30)31-13-6-2-7-14-31;34-19-17-31-33(39)37(23-30(25-10-3-1-4-11-25)26-12-5-2-6-13-26)20-18-29(36-31)22-35-32(38)28-16-15-24-9-7-8-14-27(24)21-28/h1-2,4-7,11-14,16-21,33-35,40H,3,8-10,15,22-28H2,(H,39,43);1-16,21,29-31,36H,17-20,22-23,34H2,(H,35,38)/t33-,35-;29-,31-/m00/s1. The third-order valence-corrected chi connectivity index (χ3v) is 16.7. The molecule has 10 rings (SSSR count). The van der Waals surface area contributed by atoms with E-state index in [0.29, 0.717) is 62.8 Å². The van der Waals surface area contributed by atoms with Gasteiger partial charge in [0.2, 0.25) is 17.7 Å². The van der Waals surface area contributed by atoms with Gasteiger partial charge in [0.1, 0.15) is 0 Å². The summed E-state index contributed by atoms with van der Waals surface area (Å²) in [6.45, 7) is 7.13. The molecule has 12 nitrogen and oxygen atoms in total. The molecule has 3 aliphatic heterocycles. The number of fused-ring (bicyclic) bond motifs is 1. The van der Waals surface area contributed by atoms with Crippen molar-refractivity contribution in [2.75, 3.05) is 65.4 Å². The maximum absolute atomic E-state index is 14.1. The van der Waals surface area contributed by atoms with Gasteiger partial charge in [0.15, 0.2) is 0 Å². The topological polar surface area (TPSA) is 152 Å². The largest absolute Gasteiger partial charge is 0.351 e. The van der Waals surface area contributed by atoms with E-state index in [1.165, 1.54) is 41.5 Å². The van der Waals surface area contributed by atoms with E-state index >= 15 is 0 Å². The predicted octanol–water partition coefficient (Wildman–Crippen LogP) is 10.4. The van der Waals surface area contributed by atoms with Gasteiger partial charge in [-0.15, -0.1) is 0 Å². The molecule has 0 spiro atoms. The van der Waals surface area contributed by atoms with Crippen LogP contribution < -0.4 is 27.0 Å². The Morgan fingerprint density at radius 1 is 0.566 bits per heavy atom. The molecule has 7 aromatic rings. The zero-order valence-corrected chi connectivity index (χ0v) is 48.4. The van der Waals surface area contributed by atoms with E-state index in [0.717, 1.165) is 61.7 Å². The monoisotopic (exact) mass is 1130 g/mol. The van der Waals surface area contributed by atoms with Crippen LogP contribution in [0.25, 0.3) is 16.8 Å². The number of nitrogens with one attached hydrogen (secondary N) is 4. The van der Waals surface area contributed by atoms with Crippen LogP contribution in [0.15, 0.2) is 194 Å². The number of carbonyl (C=O) groups is 4. The second-order valence-corrected chi connectivity index (χ2v) is 22.7. The molecule has 3 fully saturated rings. The summed E-state index contributed by atoms with van der Waals surface area (Å²) in [6, 6.07) is 62.1. The normalized spacial score (nSPS) is 18.8. The molecule has 0 bridgehead atoms. The number of benzene rings is 7. The van der Waals surface area contributed by atoms with Crippen LogP contribution in [0.3, 0.4) is 0 Å². The maximum Gasteiger partial charge on any atom is 0.251 e. The van der Waals surface area contributed by atoms with Crippen molar-refractivity contribution in [2.45, 2.75) is 87.4 Å². The van der Waals surface area contributed by atoms with Crippen LogP contribution >= 0.6 is 11.6 Å². The second-order valence-electron chi connectivity index (χ2n) is 22.2. The second kappa shape index (κ2) is 31.3. The SMILES string of the molecule is NCC[C@@H]1N[C@H](CNC(=O)c2ccc3ccccc3c2)CCN(CC(c2ccccc2)c2ccccc2)C1=O.O=C(C=Cc1ccc(Cl)cc1)NC[C@@H]1CCN(CC(c2ccccc2)c2ccccc2)C(=O)[C@H](CCCN2CCCCC2)N1. The fourth-order valence-corrected chi connectivity index (χ4v) is 11.9. The number of nitrogens with zero attached hydrogens (tertiary/aromatic N) is 3. The van der Waals surface area contributed by atoms with Gasteiger partial charge in [-0.1, -0.05) is 182 Å². The molecular formula is C70H81ClN8O4. The number of likely N-dealkylation sites (tertiary alicyclic amines) is 1. The predicted molar refractivity (Wildman–Crippen MR) is 336 cm³/mol. The molecule has 4 amide bonds. The van der Waals surface area contributed by atoms with E-state index in [1.54, 1.807) is 12.2 Å². The highest BCUT2D eigenvalue weighted by atomic mass is 35.5. The number of hydrogen-bond donors (Lipinski definition) is 5. The molecule has 3 aliphatic rings. The molecule has 83 heavy (non-hydrogen) atoms. The van der Waals surface area contributed by atoms with Gasteiger partial charge in [-0.05, 0) is 140 Å². The summed E-state index contributed by atoms with van der Waals surface area (Å²) in [5, 5.41) is 16.1. The van der Waals surface area contributed by atoms with Gasteiger partial charge in [0.25, 0.3) is 5.91 Å². The minimum atomic E-state index is -0.382. The molecule has 4 atom stereocenters. The summed E-state index contributed by atoms with van der Waals surface area (Å²) in [6.07, 6.45) is 11.0. The van der Waals surface area contributed by atoms with Crippen LogP contribution in [0.1, 0.15) is 101 Å². The van der Waals surface area contributed by atoms with Gasteiger partial charge in [0.05, 0.1) is 12.1 Å². The first kappa shape index (κ1) is 60.2. The van der Waals surface area contributed by atoms with Crippen molar-refractivity contribution >= 4 is 52.1 Å². The Bertz CT molecular complexity index is 3080. The van der Waals surface area contributed by atoms with Gasteiger partial charge >= 0.3 is 0 Å². The molecule has 0 unspecified atom stereocenters. The highest BCUT2D eigenvalue weighted by Gasteiger charge is 2.34. The van der Waals surface area contributed by atoms with Crippen molar-refractivity contribution in [1.82, 2.24) is 36.0 Å². The molecule has 0 radical (unpaired) electrons. The van der Waals surface area contributed by atoms with Crippen LogP contribution in [0.5, 0.6) is 0 Å². The maximum atomic E-state index is 14.1. The Morgan fingerprint density at radius 2 is 1.05 bits per heavy atom. The van der Waals surface area contributed by atoms with E-state index in [1.807, 2.05) is 120 Å². The summed E-state index contributed by atoms with van der Waals surface area (Å²) in [5.74, 6) is 0.129. The average molecular weight is 1130 g/mol. The quantitative estimate of drug-likeness (QED) is 0.0446. The number of carbonyl (C=O) groups excluding carboxylic acids is 4. The lowest BCUT2D eigenvalue weighted by Crippen LogP contribution is -2.49. The number of hydrogen-bond acceptors (Lipinski definition) is 8. The van der Waals surface area contributed by atoms with Crippen molar-refractivity contribution in [1.29, 1.82) is 0 Å². The highest BCUT2D eigenvalue weighted by molar-refractivity contribution is 6.30. The smallest absolute Gasteiger partial charge is 0.251 e. The Morgan fingerprint density at radius 3 is 1.57 bits per heavy atom. The van der Waals surface area contributed by atoms with Crippen LogP contribution in [0, 0.1) is 0 Å². The van der Waals surface area contributed by atoms with Gasteiger partial charge in [-0.25, -0.2) is 0 Å². The highest BCUT2D eigenvalue weighted by Crippen LogP contribution is 2.29. The lowest BCUT2D eigenvalue weighted by atomic mass is 9.90. The van der Waals surface area contributed by atoms with Crippen LogP contribution in [-0.4, -0.2) is 128 Å². The lowest BCUT2D eigenvalue weighted by molar-refractivity contribution is -0.133.